The molecule has 12 rings (SSSR count). The molecule has 0 aliphatic carbocycles. The van der Waals surface area contributed by atoms with Crippen LogP contribution in [0.2, 0.25) is 0 Å². The first-order valence-corrected chi connectivity index (χ1v) is 20.7. The summed E-state index contributed by atoms with van der Waals surface area (Å²) in [5.74, 6) is 1.94. The van der Waals surface area contributed by atoms with Gasteiger partial charge >= 0.3 is 0 Å². The van der Waals surface area contributed by atoms with Gasteiger partial charge in [0.1, 0.15) is 0 Å². The molecule has 12 aromatic rings. The Morgan fingerprint density at radius 1 is 0.262 bits per heavy atom. The summed E-state index contributed by atoms with van der Waals surface area (Å²) in [4.78, 5) is 15.3. The van der Waals surface area contributed by atoms with Gasteiger partial charge in [-0.1, -0.05) is 182 Å². The van der Waals surface area contributed by atoms with E-state index in [1.807, 2.05) is 36.4 Å². The van der Waals surface area contributed by atoms with Crippen LogP contribution in [0.4, 0.5) is 0 Å². The second kappa shape index (κ2) is 14.3. The molecule has 0 amide bonds. The molecule has 0 fully saturated rings. The summed E-state index contributed by atoms with van der Waals surface area (Å²) in [5, 5.41) is 9.51. The molecule has 2 heterocycles. The molecule has 2 aromatic heterocycles. The first kappa shape index (κ1) is 34.8. The number of hydrogen-bond acceptors (Lipinski definition) is 3. The third kappa shape index (κ3) is 5.88. The zero-order valence-electron chi connectivity index (χ0n) is 33.1. The average Bonchev–Trinajstić information content (AvgIpc) is 3.68. The Morgan fingerprint density at radius 3 is 1.39 bits per heavy atom. The molecule has 0 radical (unpaired) electrons. The van der Waals surface area contributed by atoms with Gasteiger partial charge in [0.05, 0.1) is 11.0 Å². The van der Waals surface area contributed by atoms with Crippen LogP contribution in [0.3, 0.4) is 0 Å². The highest BCUT2D eigenvalue weighted by molar-refractivity contribution is 6.28. The first-order chi connectivity index (χ1) is 30.2. The smallest absolute Gasteiger partial charge is 0.164 e. The van der Waals surface area contributed by atoms with E-state index in [9.17, 15) is 0 Å². The van der Waals surface area contributed by atoms with E-state index in [2.05, 4.69) is 187 Å². The van der Waals surface area contributed by atoms with Crippen LogP contribution < -0.4 is 0 Å². The number of aromatic nitrogens is 4. The van der Waals surface area contributed by atoms with Gasteiger partial charge in [0, 0.05) is 38.5 Å². The van der Waals surface area contributed by atoms with Crippen LogP contribution in [-0.2, 0) is 0 Å². The van der Waals surface area contributed by atoms with Gasteiger partial charge in [-0.15, -0.1) is 0 Å². The Bertz CT molecular complexity index is 3560. The maximum Gasteiger partial charge on any atom is 0.164 e. The van der Waals surface area contributed by atoms with Gasteiger partial charge in [0.25, 0.3) is 0 Å². The summed E-state index contributed by atoms with van der Waals surface area (Å²) in [7, 11) is 0. The standard InChI is InChI=1S/C57H36N4/c1-4-15-37(16-5-1)38-27-31-43(32-28-38)61-52-26-13-12-23-46(52)51-36-42(30-34-53(51)61)41-29-33-48-50(35-41)45-22-11-10-21-44(45)47-24-14-25-49(54(47)48)57-59-55(39-17-6-2-7-18-39)58-56(60-57)40-19-8-3-9-20-40/h1-36H. The monoisotopic (exact) mass is 776 g/mol. The van der Waals surface area contributed by atoms with E-state index in [0.29, 0.717) is 17.5 Å². The molecule has 10 aromatic carbocycles. The highest BCUT2D eigenvalue weighted by atomic mass is 15.0. The molecule has 61 heavy (non-hydrogen) atoms. The Balaban J connectivity index is 1.04. The van der Waals surface area contributed by atoms with E-state index in [1.54, 1.807) is 0 Å². The van der Waals surface area contributed by atoms with Crippen LogP contribution in [0.1, 0.15) is 0 Å². The van der Waals surface area contributed by atoms with Crippen LogP contribution in [0.5, 0.6) is 0 Å². The van der Waals surface area contributed by atoms with Crippen molar-refractivity contribution in [1.82, 2.24) is 19.5 Å². The second-order valence-electron chi connectivity index (χ2n) is 15.6. The molecule has 0 spiro atoms. The zero-order chi connectivity index (χ0) is 40.3. The molecular weight excluding hydrogens is 741 g/mol. The third-order valence-corrected chi connectivity index (χ3v) is 12.0. The number of fused-ring (bicyclic) bond motifs is 9. The van der Waals surface area contributed by atoms with Crippen molar-refractivity contribution in [3.05, 3.63) is 218 Å². The minimum absolute atomic E-state index is 0.648. The summed E-state index contributed by atoms with van der Waals surface area (Å²) < 4.78 is 2.39. The SMILES string of the molecule is c1ccc(-c2ccc(-n3c4ccccc4c4cc(-c5ccc6c(c5)c5ccccc5c5cccc(-c7nc(-c8ccccc8)nc(-c8ccccc8)n7)c56)ccc43)cc2)cc1. The van der Waals surface area contributed by atoms with Crippen LogP contribution in [0, 0.1) is 0 Å². The number of benzene rings is 10. The summed E-state index contributed by atoms with van der Waals surface area (Å²) >= 11 is 0. The molecule has 0 N–H and O–H groups in total. The van der Waals surface area contributed by atoms with Gasteiger partial charge in [-0.05, 0) is 85.6 Å². The van der Waals surface area contributed by atoms with Gasteiger partial charge in [0.15, 0.2) is 17.5 Å². The fourth-order valence-electron chi connectivity index (χ4n) is 9.16. The molecule has 284 valence electrons. The highest BCUT2D eigenvalue weighted by Crippen LogP contribution is 2.42. The fraction of sp³-hybridized carbons (Fsp3) is 0. The van der Waals surface area contributed by atoms with Gasteiger partial charge < -0.3 is 4.57 Å². The van der Waals surface area contributed by atoms with Crippen molar-refractivity contribution in [2.24, 2.45) is 0 Å². The van der Waals surface area contributed by atoms with Crippen LogP contribution in [0.25, 0.3) is 116 Å². The number of hydrogen-bond donors (Lipinski definition) is 0. The third-order valence-electron chi connectivity index (χ3n) is 12.0. The van der Waals surface area contributed by atoms with Crippen LogP contribution in [0.15, 0.2) is 218 Å². The van der Waals surface area contributed by atoms with Crippen molar-refractivity contribution in [3.63, 3.8) is 0 Å². The van der Waals surface area contributed by atoms with Gasteiger partial charge in [-0.25, -0.2) is 15.0 Å². The van der Waals surface area contributed by atoms with Crippen molar-refractivity contribution < 1.29 is 0 Å². The lowest BCUT2D eigenvalue weighted by molar-refractivity contribution is 1.08. The quantitative estimate of drug-likeness (QED) is 0.158. The highest BCUT2D eigenvalue weighted by Gasteiger charge is 2.19. The second-order valence-corrected chi connectivity index (χ2v) is 15.6. The Morgan fingerprint density at radius 2 is 0.721 bits per heavy atom. The zero-order valence-corrected chi connectivity index (χ0v) is 33.1. The maximum absolute atomic E-state index is 5.17. The molecular formula is C57H36N4. The maximum atomic E-state index is 5.17. The molecule has 0 aliphatic rings. The van der Waals surface area contributed by atoms with E-state index >= 15 is 0 Å². The van der Waals surface area contributed by atoms with Crippen LogP contribution >= 0.6 is 0 Å². The molecule has 4 heteroatoms. The van der Waals surface area contributed by atoms with E-state index in [-0.39, 0.29) is 0 Å². The number of para-hydroxylation sites is 1. The Labute approximate surface area is 352 Å². The normalized spacial score (nSPS) is 11.6. The lowest BCUT2D eigenvalue weighted by Gasteiger charge is -2.16. The predicted molar refractivity (Wildman–Crippen MR) is 254 cm³/mol. The lowest BCUT2D eigenvalue weighted by atomic mass is 9.89. The molecule has 0 atom stereocenters. The molecule has 0 unspecified atom stereocenters. The van der Waals surface area contributed by atoms with Gasteiger partial charge in [-0.2, -0.15) is 0 Å². The van der Waals surface area contributed by atoms with Crippen molar-refractivity contribution in [1.29, 1.82) is 0 Å². The van der Waals surface area contributed by atoms with Crippen molar-refractivity contribution >= 4 is 54.1 Å². The first-order valence-electron chi connectivity index (χ1n) is 20.7. The average molecular weight is 777 g/mol. The fourth-order valence-corrected chi connectivity index (χ4v) is 9.16. The van der Waals surface area contributed by atoms with E-state index in [0.717, 1.165) is 33.2 Å². The molecule has 0 saturated carbocycles. The predicted octanol–water partition coefficient (Wildman–Crippen LogP) is 14.8. The summed E-state index contributed by atoms with van der Waals surface area (Å²) in [6, 6.07) is 77.7. The largest absolute Gasteiger partial charge is 0.309 e. The number of nitrogens with zero attached hydrogens (tertiary/aromatic N) is 4. The van der Waals surface area contributed by atoms with Crippen LogP contribution in [-0.4, -0.2) is 19.5 Å². The minimum Gasteiger partial charge on any atom is -0.309 e. The Hall–Kier alpha value is -8.21. The molecule has 0 saturated heterocycles. The topological polar surface area (TPSA) is 43.6 Å². The van der Waals surface area contributed by atoms with Crippen molar-refractivity contribution in [2.45, 2.75) is 0 Å². The Kier molecular flexibility index (Phi) is 8.13. The lowest BCUT2D eigenvalue weighted by Crippen LogP contribution is -2.00. The van der Waals surface area contributed by atoms with E-state index in [1.165, 1.54) is 65.6 Å². The van der Waals surface area contributed by atoms with Gasteiger partial charge in [-0.3, -0.25) is 0 Å². The summed E-state index contributed by atoms with van der Waals surface area (Å²) in [5.41, 5.74) is 11.1. The molecule has 0 bridgehead atoms. The molecule has 4 nitrogen and oxygen atoms in total. The van der Waals surface area contributed by atoms with Crippen molar-refractivity contribution in [2.75, 3.05) is 0 Å². The van der Waals surface area contributed by atoms with E-state index < -0.39 is 0 Å². The van der Waals surface area contributed by atoms with Gasteiger partial charge in [0.2, 0.25) is 0 Å². The number of rotatable bonds is 6. The van der Waals surface area contributed by atoms with Crippen molar-refractivity contribution in [3.8, 4) is 62.1 Å². The summed E-state index contributed by atoms with van der Waals surface area (Å²) in [6.07, 6.45) is 0. The minimum atomic E-state index is 0.648. The molecule has 0 aliphatic heterocycles. The van der Waals surface area contributed by atoms with E-state index in [4.69, 9.17) is 15.0 Å². The summed E-state index contributed by atoms with van der Waals surface area (Å²) in [6.45, 7) is 0.